The molecule has 0 fully saturated rings. The molecule has 156 valence electrons. The van der Waals surface area contributed by atoms with E-state index in [2.05, 4.69) is 10.0 Å². The molecule has 1 atom stereocenters. The van der Waals surface area contributed by atoms with Crippen LogP contribution in [0.2, 0.25) is 0 Å². The SMILES string of the molecule is CCC(NC(=O)c1ccc(S(=O)(=O)Nc2ccccc2)cc1)c1ccc(OC)cc1. The molecule has 6 nitrogen and oxygen atoms in total. The minimum absolute atomic E-state index is 0.0881. The largest absolute Gasteiger partial charge is 0.497 e. The fourth-order valence-electron chi connectivity index (χ4n) is 3.00. The zero-order valence-corrected chi connectivity index (χ0v) is 17.6. The Balaban J connectivity index is 1.70. The van der Waals surface area contributed by atoms with Gasteiger partial charge >= 0.3 is 0 Å². The molecule has 3 rings (SSSR count). The minimum atomic E-state index is -3.73. The topological polar surface area (TPSA) is 84.5 Å². The molecule has 0 aliphatic carbocycles. The van der Waals surface area contributed by atoms with Gasteiger partial charge in [-0.15, -0.1) is 0 Å². The molecular weight excluding hydrogens is 400 g/mol. The molecule has 2 N–H and O–H groups in total. The fourth-order valence-corrected chi connectivity index (χ4v) is 4.06. The van der Waals surface area contributed by atoms with Gasteiger partial charge in [0.15, 0.2) is 0 Å². The number of benzene rings is 3. The van der Waals surface area contributed by atoms with E-state index in [0.29, 0.717) is 17.7 Å². The van der Waals surface area contributed by atoms with Gasteiger partial charge in [-0.25, -0.2) is 8.42 Å². The summed E-state index contributed by atoms with van der Waals surface area (Å²) in [6.45, 7) is 1.99. The fraction of sp³-hybridized carbons (Fsp3) is 0.174. The normalized spacial score (nSPS) is 12.1. The third kappa shape index (κ3) is 5.18. The van der Waals surface area contributed by atoms with Gasteiger partial charge in [0.25, 0.3) is 15.9 Å². The summed E-state index contributed by atoms with van der Waals surface area (Å²) in [7, 11) is -2.12. The molecule has 0 spiro atoms. The van der Waals surface area contributed by atoms with Crippen molar-refractivity contribution >= 4 is 21.6 Å². The maximum Gasteiger partial charge on any atom is 0.261 e. The van der Waals surface area contributed by atoms with Crippen molar-refractivity contribution < 1.29 is 17.9 Å². The lowest BCUT2D eigenvalue weighted by atomic mass is 10.0. The number of sulfonamides is 1. The van der Waals surface area contributed by atoms with E-state index >= 15 is 0 Å². The Labute approximate surface area is 177 Å². The van der Waals surface area contributed by atoms with Gasteiger partial charge in [0, 0.05) is 11.3 Å². The average Bonchev–Trinajstić information content (AvgIpc) is 2.78. The zero-order chi connectivity index (χ0) is 21.6. The predicted molar refractivity (Wildman–Crippen MR) is 117 cm³/mol. The quantitative estimate of drug-likeness (QED) is 0.562. The number of methoxy groups -OCH3 is 1. The second kappa shape index (κ2) is 9.45. The van der Waals surface area contributed by atoms with Gasteiger partial charge in [-0.05, 0) is 60.5 Å². The lowest BCUT2D eigenvalue weighted by molar-refractivity contribution is 0.0935. The Hall–Kier alpha value is -3.32. The summed E-state index contributed by atoms with van der Waals surface area (Å²) in [6.07, 6.45) is 0.714. The van der Waals surface area contributed by atoms with Gasteiger partial charge in [-0.3, -0.25) is 9.52 Å². The van der Waals surface area contributed by atoms with Crippen molar-refractivity contribution in [2.75, 3.05) is 11.8 Å². The van der Waals surface area contributed by atoms with Crippen LogP contribution in [0.25, 0.3) is 0 Å². The number of ether oxygens (including phenoxy) is 1. The van der Waals surface area contributed by atoms with Crippen molar-refractivity contribution in [1.29, 1.82) is 0 Å². The minimum Gasteiger partial charge on any atom is -0.497 e. The van der Waals surface area contributed by atoms with Crippen LogP contribution in [0.3, 0.4) is 0 Å². The van der Waals surface area contributed by atoms with Crippen LogP contribution in [-0.2, 0) is 10.0 Å². The summed E-state index contributed by atoms with van der Waals surface area (Å²) in [4.78, 5) is 12.7. The number of nitrogens with one attached hydrogen (secondary N) is 2. The first-order chi connectivity index (χ1) is 14.4. The molecule has 3 aromatic carbocycles. The van der Waals surface area contributed by atoms with Crippen LogP contribution in [0.5, 0.6) is 5.75 Å². The van der Waals surface area contributed by atoms with Crippen molar-refractivity contribution in [3.05, 3.63) is 90.0 Å². The lowest BCUT2D eigenvalue weighted by Gasteiger charge is -2.18. The number of amides is 1. The molecule has 0 bridgehead atoms. The van der Waals surface area contributed by atoms with Crippen molar-refractivity contribution in [1.82, 2.24) is 5.32 Å². The summed E-state index contributed by atoms with van der Waals surface area (Å²) >= 11 is 0. The zero-order valence-electron chi connectivity index (χ0n) is 16.8. The third-order valence-corrected chi connectivity index (χ3v) is 6.08. The van der Waals surface area contributed by atoms with Crippen LogP contribution in [0.15, 0.2) is 83.8 Å². The summed E-state index contributed by atoms with van der Waals surface area (Å²) < 4.78 is 32.7. The molecule has 1 amide bonds. The van der Waals surface area contributed by atoms with Crippen LogP contribution >= 0.6 is 0 Å². The van der Waals surface area contributed by atoms with Gasteiger partial charge in [0.05, 0.1) is 18.0 Å². The van der Waals surface area contributed by atoms with Gasteiger partial charge in [0.1, 0.15) is 5.75 Å². The number of anilines is 1. The molecule has 3 aromatic rings. The van der Waals surface area contributed by atoms with E-state index in [-0.39, 0.29) is 16.8 Å². The van der Waals surface area contributed by atoms with Crippen LogP contribution in [0, 0.1) is 0 Å². The van der Waals surface area contributed by atoms with E-state index in [0.717, 1.165) is 11.3 Å². The molecule has 0 aliphatic heterocycles. The maximum absolute atomic E-state index is 12.7. The number of hydrogen-bond donors (Lipinski definition) is 2. The first-order valence-corrected chi connectivity index (χ1v) is 11.0. The van der Waals surface area contributed by atoms with Crippen molar-refractivity contribution in [3.63, 3.8) is 0 Å². The number of carbonyl (C=O) groups excluding carboxylic acids is 1. The smallest absolute Gasteiger partial charge is 0.261 e. The van der Waals surface area contributed by atoms with E-state index in [4.69, 9.17) is 4.74 Å². The number of carbonyl (C=O) groups is 1. The highest BCUT2D eigenvalue weighted by molar-refractivity contribution is 7.92. The van der Waals surface area contributed by atoms with Crippen molar-refractivity contribution in [2.24, 2.45) is 0 Å². The first kappa shape index (κ1) is 21.4. The van der Waals surface area contributed by atoms with Crippen molar-refractivity contribution in [2.45, 2.75) is 24.3 Å². The summed E-state index contributed by atoms with van der Waals surface area (Å²) in [5.74, 6) is 0.485. The van der Waals surface area contributed by atoms with E-state index in [1.165, 1.54) is 24.3 Å². The third-order valence-electron chi connectivity index (χ3n) is 4.68. The van der Waals surface area contributed by atoms with Crippen molar-refractivity contribution in [3.8, 4) is 5.75 Å². The lowest BCUT2D eigenvalue weighted by Crippen LogP contribution is -2.28. The number of hydrogen-bond acceptors (Lipinski definition) is 4. The molecule has 0 aliphatic rings. The molecule has 0 radical (unpaired) electrons. The Morgan fingerprint density at radius 1 is 0.933 bits per heavy atom. The van der Waals surface area contributed by atoms with Gasteiger partial charge in [-0.1, -0.05) is 37.3 Å². The standard InChI is InChI=1S/C23H24N2O4S/c1-3-22(17-9-13-20(29-2)14-10-17)24-23(26)18-11-15-21(16-12-18)30(27,28)25-19-7-5-4-6-8-19/h4-16,22,25H,3H2,1-2H3,(H,24,26). The van der Waals surface area contributed by atoms with Crippen LogP contribution in [-0.4, -0.2) is 21.4 Å². The summed E-state index contributed by atoms with van der Waals surface area (Å²) in [5, 5.41) is 2.99. The molecule has 0 saturated carbocycles. The Morgan fingerprint density at radius 3 is 2.13 bits per heavy atom. The van der Waals surface area contributed by atoms with E-state index in [1.54, 1.807) is 37.4 Å². The molecule has 1 unspecified atom stereocenters. The maximum atomic E-state index is 12.7. The van der Waals surface area contributed by atoms with E-state index < -0.39 is 10.0 Å². The highest BCUT2D eigenvalue weighted by Crippen LogP contribution is 2.21. The van der Waals surface area contributed by atoms with Crippen LogP contribution in [0.1, 0.15) is 35.3 Å². The van der Waals surface area contributed by atoms with E-state index in [1.807, 2.05) is 31.2 Å². The Bertz CT molecular complexity index is 1080. The monoisotopic (exact) mass is 424 g/mol. The molecule has 30 heavy (non-hydrogen) atoms. The van der Waals surface area contributed by atoms with Gasteiger partial charge < -0.3 is 10.1 Å². The summed E-state index contributed by atoms with van der Waals surface area (Å²) in [6, 6.07) is 21.9. The second-order valence-electron chi connectivity index (χ2n) is 6.70. The number of rotatable bonds is 8. The Kier molecular flexibility index (Phi) is 6.74. The Morgan fingerprint density at radius 2 is 1.57 bits per heavy atom. The molecular formula is C23H24N2O4S. The molecule has 7 heteroatoms. The van der Waals surface area contributed by atoms with E-state index in [9.17, 15) is 13.2 Å². The predicted octanol–water partition coefficient (Wildman–Crippen LogP) is 4.38. The molecule has 0 aromatic heterocycles. The average molecular weight is 425 g/mol. The van der Waals surface area contributed by atoms with Gasteiger partial charge in [-0.2, -0.15) is 0 Å². The second-order valence-corrected chi connectivity index (χ2v) is 8.39. The molecule has 0 heterocycles. The van der Waals surface area contributed by atoms with Gasteiger partial charge in [0.2, 0.25) is 0 Å². The first-order valence-electron chi connectivity index (χ1n) is 9.55. The molecule has 0 saturated heterocycles. The highest BCUT2D eigenvalue weighted by atomic mass is 32.2. The number of para-hydroxylation sites is 1. The highest BCUT2D eigenvalue weighted by Gasteiger charge is 2.17. The van der Waals surface area contributed by atoms with Crippen LogP contribution in [0.4, 0.5) is 5.69 Å². The van der Waals surface area contributed by atoms with Crippen LogP contribution < -0.4 is 14.8 Å². The summed E-state index contributed by atoms with van der Waals surface area (Å²) in [5.41, 5.74) is 1.84.